The zero-order valence-corrected chi connectivity index (χ0v) is 9.53. The van der Waals surface area contributed by atoms with Gasteiger partial charge in [0.2, 0.25) is 0 Å². The molecule has 0 fully saturated rings. The highest BCUT2D eigenvalue weighted by Gasteiger charge is 2.12. The number of anilines is 2. The number of likely N-dealkylation sites (N-methyl/N-ethyl adjacent to an activating group) is 1. The summed E-state index contributed by atoms with van der Waals surface area (Å²) in [5.41, 5.74) is 12.0. The van der Waals surface area contributed by atoms with Crippen LogP contribution in [0.25, 0.3) is 0 Å². The number of hydrogen-bond acceptors (Lipinski definition) is 5. The first-order valence-electron chi connectivity index (χ1n) is 5.13. The minimum atomic E-state index is -0.645. The lowest BCUT2D eigenvalue weighted by Gasteiger charge is -2.07. The van der Waals surface area contributed by atoms with Gasteiger partial charge in [-0.25, -0.2) is 4.79 Å². The highest BCUT2D eigenvalue weighted by molar-refractivity contribution is 5.96. The molecule has 0 saturated heterocycles. The van der Waals surface area contributed by atoms with Crippen molar-refractivity contribution in [1.29, 1.82) is 0 Å². The first-order chi connectivity index (χ1) is 8.04. The van der Waals surface area contributed by atoms with Gasteiger partial charge in [0.1, 0.15) is 0 Å². The number of benzene rings is 1. The molecule has 6 nitrogen and oxygen atoms in total. The second-order valence-corrected chi connectivity index (χ2v) is 3.38. The molecule has 0 aliphatic rings. The largest absolute Gasteiger partial charge is 0.452 e. The molecule has 6 heteroatoms. The third-order valence-corrected chi connectivity index (χ3v) is 2.00. The number of carbonyl (C=O) groups excluding carboxylic acids is 2. The molecule has 1 rings (SSSR count). The maximum atomic E-state index is 11.6. The molecule has 0 radical (unpaired) electrons. The van der Waals surface area contributed by atoms with Crippen LogP contribution in [0.4, 0.5) is 11.4 Å². The number of carbonyl (C=O) groups is 2. The minimum Gasteiger partial charge on any atom is -0.452 e. The van der Waals surface area contributed by atoms with Crippen molar-refractivity contribution in [2.24, 2.45) is 0 Å². The van der Waals surface area contributed by atoms with E-state index in [9.17, 15) is 9.59 Å². The molecule has 0 aliphatic carbocycles. The summed E-state index contributed by atoms with van der Waals surface area (Å²) in [5, 5.41) is 2.51. The van der Waals surface area contributed by atoms with Crippen LogP contribution in [0.2, 0.25) is 0 Å². The summed E-state index contributed by atoms with van der Waals surface area (Å²) in [4.78, 5) is 22.6. The number of amides is 1. The Morgan fingerprint density at radius 3 is 2.65 bits per heavy atom. The van der Waals surface area contributed by atoms with Crippen LogP contribution < -0.4 is 16.8 Å². The number of ether oxygens (including phenoxy) is 1. The van der Waals surface area contributed by atoms with Crippen molar-refractivity contribution in [1.82, 2.24) is 5.32 Å². The summed E-state index contributed by atoms with van der Waals surface area (Å²) in [6, 6.07) is 4.46. The molecule has 0 atom stereocenters. The predicted octanol–water partition coefficient (Wildman–Crippen LogP) is 0.144. The van der Waals surface area contributed by atoms with Gasteiger partial charge < -0.3 is 21.5 Å². The highest BCUT2D eigenvalue weighted by atomic mass is 16.5. The number of nitrogens with one attached hydrogen (secondary N) is 1. The summed E-state index contributed by atoms with van der Waals surface area (Å²) in [6.45, 7) is 1.94. The van der Waals surface area contributed by atoms with Gasteiger partial charge in [0, 0.05) is 17.9 Å². The summed E-state index contributed by atoms with van der Waals surface area (Å²) >= 11 is 0. The Balaban J connectivity index is 2.61. The van der Waals surface area contributed by atoms with E-state index >= 15 is 0 Å². The van der Waals surface area contributed by atoms with Crippen molar-refractivity contribution >= 4 is 23.3 Å². The zero-order chi connectivity index (χ0) is 12.8. The van der Waals surface area contributed by atoms with Gasteiger partial charge in [0.15, 0.2) is 6.61 Å². The molecule has 0 spiro atoms. The van der Waals surface area contributed by atoms with Gasteiger partial charge in [-0.2, -0.15) is 0 Å². The Bertz CT molecular complexity index is 432. The summed E-state index contributed by atoms with van der Waals surface area (Å²) in [5.74, 6) is -0.997. The van der Waals surface area contributed by atoms with Crippen LogP contribution in [0.5, 0.6) is 0 Å². The second-order valence-electron chi connectivity index (χ2n) is 3.38. The monoisotopic (exact) mass is 237 g/mol. The molecule has 5 N–H and O–H groups in total. The quantitative estimate of drug-likeness (QED) is 0.510. The molecule has 1 aromatic carbocycles. The average Bonchev–Trinajstić information content (AvgIpc) is 2.26. The van der Waals surface area contributed by atoms with Crippen LogP contribution >= 0.6 is 0 Å². The topological polar surface area (TPSA) is 107 Å². The Morgan fingerprint density at radius 2 is 2.06 bits per heavy atom. The Kier molecular flexibility index (Phi) is 4.33. The molecule has 0 heterocycles. The standard InChI is InChI=1S/C11H15N3O3/c1-2-14-10(15)6-17-11(16)8-4-3-7(12)5-9(8)13/h3-5H,2,6,12-13H2,1H3,(H,14,15). The molecule has 0 saturated carbocycles. The van der Waals surface area contributed by atoms with Crippen LogP contribution in [-0.4, -0.2) is 25.0 Å². The molecule has 0 bridgehead atoms. The fourth-order valence-corrected chi connectivity index (χ4v) is 1.22. The van der Waals surface area contributed by atoms with Crippen molar-refractivity contribution in [2.75, 3.05) is 24.6 Å². The first kappa shape index (κ1) is 12.8. The zero-order valence-electron chi connectivity index (χ0n) is 9.53. The van der Waals surface area contributed by atoms with E-state index in [1.54, 1.807) is 13.0 Å². The molecular weight excluding hydrogens is 222 g/mol. The van der Waals surface area contributed by atoms with E-state index in [0.29, 0.717) is 12.2 Å². The number of rotatable bonds is 4. The van der Waals surface area contributed by atoms with Gasteiger partial charge in [-0.3, -0.25) is 4.79 Å². The maximum Gasteiger partial charge on any atom is 0.340 e. The van der Waals surface area contributed by atoms with Crippen LogP contribution in [0.15, 0.2) is 18.2 Å². The van der Waals surface area contributed by atoms with E-state index in [1.165, 1.54) is 12.1 Å². The predicted molar refractivity (Wildman–Crippen MR) is 64.2 cm³/mol. The number of nitrogens with two attached hydrogens (primary N) is 2. The van der Waals surface area contributed by atoms with Gasteiger partial charge in [0.05, 0.1) is 5.56 Å². The fraction of sp³-hybridized carbons (Fsp3) is 0.273. The first-order valence-corrected chi connectivity index (χ1v) is 5.13. The van der Waals surface area contributed by atoms with Gasteiger partial charge in [-0.05, 0) is 25.1 Å². The SMILES string of the molecule is CCNC(=O)COC(=O)c1ccc(N)cc1N. The van der Waals surface area contributed by atoms with E-state index in [1.807, 2.05) is 0 Å². The van der Waals surface area contributed by atoms with Crippen LogP contribution in [-0.2, 0) is 9.53 Å². The minimum absolute atomic E-state index is 0.198. The molecule has 0 aromatic heterocycles. The average molecular weight is 237 g/mol. The number of nitrogen functional groups attached to an aromatic ring is 2. The third-order valence-electron chi connectivity index (χ3n) is 2.00. The van der Waals surface area contributed by atoms with Crippen LogP contribution in [0.3, 0.4) is 0 Å². The van der Waals surface area contributed by atoms with E-state index < -0.39 is 5.97 Å². The Labute approximate surface area is 98.9 Å². The lowest BCUT2D eigenvalue weighted by Crippen LogP contribution is -2.28. The van der Waals surface area contributed by atoms with E-state index in [-0.39, 0.29) is 23.8 Å². The molecule has 17 heavy (non-hydrogen) atoms. The van der Waals surface area contributed by atoms with Gasteiger partial charge in [0.25, 0.3) is 5.91 Å². The van der Waals surface area contributed by atoms with E-state index in [2.05, 4.69) is 5.32 Å². The van der Waals surface area contributed by atoms with Crippen molar-refractivity contribution in [2.45, 2.75) is 6.92 Å². The van der Waals surface area contributed by atoms with Crippen molar-refractivity contribution in [3.63, 3.8) is 0 Å². The van der Waals surface area contributed by atoms with Crippen molar-refractivity contribution in [3.8, 4) is 0 Å². The lowest BCUT2D eigenvalue weighted by atomic mass is 10.1. The third kappa shape index (κ3) is 3.67. The Morgan fingerprint density at radius 1 is 1.35 bits per heavy atom. The van der Waals surface area contributed by atoms with Gasteiger partial charge in [-0.15, -0.1) is 0 Å². The maximum absolute atomic E-state index is 11.6. The Hall–Kier alpha value is -2.24. The normalized spacial score (nSPS) is 9.71. The molecule has 1 amide bonds. The highest BCUT2D eigenvalue weighted by Crippen LogP contribution is 2.16. The summed E-state index contributed by atoms with van der Waals surface area (Å²) < 4.78 is 4.79. The van der Waals surface area contributed by atoms with E-state index in [4.69, 9.17) is 16.2 Å². The summed E-state index contributed by atoms with van der Waals surface area (Å²) in [7, 11) is 0. The lowest BCUT2D eigenvalue weighted by molar-refractivity contribution is -0.124. The van der Waals surface area contributed by atoms with Gasteiger partial charge >= 0.3 is 5.97 Å². The molecule has 0 unspecified atom stereocenters. The number of hydrogen-bond donors (Lipinski definition) is 3. The van der Waals surface area contributed by atoms with Crippen LogP contribution in [0.1, 0.15) is 17.3 Å². The molecular formula is C11H15N3O3. The van der Waals surface area contributed by atoms with Crippen LogP contribution in [0, 0.1) is 0 Å². The van der Waals surface area contributed by atoms with Gasteiger partial charge in [-0.1, -0.05) is 0 Å². The van der Waals surface area contributed by atoms with E-state index in [0.717, 1.165) is 0 Å². The van der Waals surface area contributed by atoms with Crippen molar-refractivity contribution < 1.29 is 14.3 Å². The summed E-state index contributed by atoms with van der Waals surface area (Å²) in [6.07, 6.45) is 0. The van der Waals surface area contributed by atoms with Crippen molar-refractivity contribution in [3.05, 3.63) is 23.8 Å². The smallest absolute Gasteiger partial charge is 0.340 e. The number of esters is 1. The molecule has 1 aromatic rings. The molecule has 92 valence electrons. The second kappa shape index (κ2) is 5.74. The molecule has 0 aliphatic heterocycles. The fourth-order valence-electron chi connectivity index (χ4n) is 1.22.